The molecule has 0 amide bonds. The summed E-state index contributed by atoms with van der Waals surface area (Å²) in [5.41, 5.74) is 4.22. The lowest BCUT2D eigenvalue weighted by molar-refractivity contribution is -0.174. The fourth-order valence-corrected chi connectivity index (χ4v) is 1.31. The van der Waals surface area contributed by atoms with Crippen LogP contribution in [0.4, 0.5) is 27.6 Å². The molecule has 0 heterocycles. The lowest BCUT2D eigenvalue weighted by atomic mass is 10.2. The lowest BCUT2D eigenvalue weighted by Crippen LogP contribution is -2.18. The van der Waals surface area contributed by atoms with Crippen molar-refractivity contribution in [2.45, 2.75) is 12.6 Å². The molecule has 0 saturated heterocycles. The van der Waals surface area contributed by atoms with E-state index in [-0.39, 0.29) is 19.6 Å². The zero-order valence-electron chi connectivity index (χ0n) is 10.7. The molecule has 0 saturated carbocycles. The van der Waals surface area contributed by atoms with Crippen molar-refractivity contribution in [2.24, 2.45) is 0 Å². The summed E-state index contributed by atoms with van der Waals surface area (Å²) in [6, 6.07) is 1.23. The van der Waals surface area contributed by atoms with Crippen molar-refractivity contribution >= 4 is 11.7 Å². The van der Waals surface area contributed by atoms with Crippen LogP contribution in [-0.4, -0.2) is 32.0 Å². The summed E-state index contributed by atoms with van der Waals surface area (Å²) in [6.45, 7) is -1.95. The summed E-state index contributed by atoms with van der Waals surface area (Å²) in [7, 11) is 0. The molecule has 0 aromatic heterocycles. The van der Waals surface area contributed by atoms with E-state index in [1.807, 2.05) is 0 Å². The van der Waals surface area contributed by atoms with Gasteiger partial charge in [-0.2, -0.15) is 13.2 Å². The van der Waals surface area contributed by atoms with Gasteiger partial charge in [0.2, 0.25) is 0 Å². The van der Waals surface area contributed by atoms with Crippen molar-refractivity contribution < 1.29 is 36.2 Å². The number of hydrogen-bond acceptors (Lipinski definition) is 4. The van der Waals surface area contributed by atoms with Crippen LogP contribution in [-0.2, 0) is 9.47 Å². The first-order valence-electron chi connectivity index (χ1n) is 5.77. The molecule has 1 rings (SSSR count). The van der Waals surface area contributed by atoms with Gasteiger partial charge in [-0.3, -0.25) is 0 Å². The number of esters is 1. The molecule has 4 nitrogen and oxygen atoms in total. The molecule has 0 aliphatic rings. The predicted molar refractivity (Wildman–Crippen MR) is 62.5 cm³/mol. The zero-order chi connectivity index (χ0) is 16.0. The van der Waals surface area contributed by atoms with Gasteiger partial charge in [0.15, 0.2) is 0 Å². The van der Waals surface area contributed by atoms with Gasteiger partial charge in [0.1, 0.15) is 18.2 Å². The van der Waals surface area contributed by atoms with Crippen molar-refractivity contribution in [3.8, 4) is 0 Å². The molecule has 1 aromatic rings. The first-order chi connectivity index (χ1) is 9.70. The van der Waals surface area contributed by atoms with Gasteiger partial charge in [-0.05, 0) is 6.07 Å². The van der Waals surface area contributed by atoms with Crippen LogP contribution in [0.1, 0.15) is 16.8 Å². The number of halogens is 5. The Labute approximate surface area is 116 Å². The van der Waals surface area contributed by atoms with Gasteiger partial charge in [-0.25, -0.2) is 13.6 Å². The quantitative estimate of drug-likeness (QED) is 0.380. The topological polar surface area (TPSA) is 61.6 Å². The van der Waals surface area contributed by atoms with Crippen LogP contribution >= 0.6 is 0 Å². The van der Waals surface area contributed by atoms with Crippen LogP contribution in [0.5, 0.6) is 0 Å². The maximum atomic E-state index is 13.3. The highest BCUT2D eigenvalue weighted by Gasteiger charge is 2.27. The molecule has 0 fully saturated rings. The molecule has 0 bridgehead atoms. The standard InChI is InChI=1S/C12H12F5NO3/c13-8-5-9(14)10(18)4-7(8)11(19)21-3-1-2-20-6-12(15,16)17/h4-5H,1-3,6,18H2. The lowest BCUT2D eigenvalue weighted by Gasteiger charge is -2.09. The van der Waals surface area contributed by atoms with Gasteiger partial charge in [0.25, 0.3) is 0 Å². The minimum Gasteiger partial charge on any atom is -0.462 e. The van der Waals surface area contributed by atoms with Crippen LogP contribution in [0.15, 0.2) is 12.1 Å². The van der Waals surface area contributed by atoms with Crippen molar-refractivity contribution in [2.75, 3.05) is 25.6 Å². The molecule has 0 spiro atoms. The number of nitrogen functional groups attached to an aromatic ring is 1. The molecule has 0 aliphatic carbocycles. The van der Waals surface area contributed by atoms with Gasteiger partial charge < -0.3 is 15.2 Å². The van der Waals surface area contributed by atoms with Crippen LogP contribution in [0, 0.1) is 11.6 Å². The van der Waals surface area contributed by atoms with Crippen molar-refractivity contribution in [3.05, 3.63) is 29.3 Å². The van der Waals surface area contributed by atoms with E-state index in [0.717, 1.165) is 6.07 Å². The Morgan fingerprint density at radius 3 is 2.43 bits per heavy atom. The van der Waals surface area contributed by atoms with Crippen LogP contribution < -0.4 is 5.73 Å². The number of anilines is 1. The monoisotopic (exact) mass is 313 g/mol. The van der Waals surface area contributed by atoms with Gasteiger partial charge in [0.05, 0.1) is 24.5 Å². The van der Waals surface area contributed by atoms with Gasteiger partial charge in [0, 0.05) is 12.5 Å². The number of carbonyl (C=O) groups is 1. The Bertz CT molecular complexity index is 504. The van der Waals surface area contributed by atoms with Crippen LogP contribution in [0.25, 0.3) is 0 Å². The average Bonchev–Trinajstić information content (AvgIpc) is 2.36. The number of rotatable bonds is 6. The summed E-state index contributed by atoms with van der Waals surface area (Å²) in [4.78, 5) is 11.5. The third-order valence-corrected chi connectivity index (χ3v) is 2.24. The maximum Gasteiger partial charge on any atom is 0.411 e. The molecular weight excluding hydrogens is 301 g/mol. The van der Waals surface area contributed by atoms with E-state index in [1.165, 1.54) is 0 Å². The Kier molecular flexibility index (Phi) is 5.89. The van der Waals surface area contributed by atoms with Gasteiger partial charge in [-0.15, -0.1) is 0 Å². The number of nitrogens with two attached hydrogens (primary N) is 1. The van der Waals surface area contributed by atoms with Crippen LogP contribution in [0.3, 0.4) is 0 Å². The molecule has 0 atom stereocenters. The Morgan fingerprint density at radius 1 is 1.14 bits per heavy atom. The molecular formula is C12H12F5NO3. The summed E-state index contributed by atoms with van der Waals surface area (Å²) in [5.74, 6) is -3.24. The third-order valence-electron chi connectivity index (χ3n) is 2.24. The molecule has 1 aromatic carbocycles. The van der Waals surface area contributed by atoms with E-state index in [0.29, 0.717) is 6.07 Å². The number of carbonyl (C=O) groups excluding carboxylic acids is 1. The smallest absolute Gasteiger partial charge is 0.411 e. The number of benzene rings is 1. The van der Waals surface area contributed by atoms with Gasteiger partial charge in [-0.1, -0.05) is 0 Å². The van der Waals surface area contributed by atoms with E-state index in [9.17, 15) is 26.7 Å². The fraction of sp³-hybridized carbons (Fsp3) is 0.417. The highest BCUT2D eigenvalue weighted by molar-refractivity contribution is 5.90. The number of hydrogen-bond donors (Lipinski definition) is 1. The summed E-state index contributed by atoms with van der Waals surface area (Å²) in [6.07, 6.45) is -4.43. The summed E-state index contributed by atoms with van der Waals surface area (Å²) < 4.78 is 70.3. The average molecular weight is 313 g/mol. The van der Waals surface area contributed by atoms with E-state index in [1.54, 1.807) is 0 Å². The Morgan fingerprint density at radius 2 is 1.81 bits per heavy atom. The van der Waals surface area contributed by atoms with Crippen molar-refractivity contribution in [3.63, 3.8) is 0 Å². The summed E-state index contributed by atoms with van der Waals surface area (Å²) in [5, 5.41) is 0. The molecule has 9 heteroatoms. The predicted octanol–water partition coefficient (Wildman–Crippen LogP) is 2.67. The summed E-state index contributed by atoms with van der Waals surface area (Å²) >= 11 is 0. The number of ether oxygens (including phenoxy) is 2. The Hall–Kier alpha value is -1.90. The molecule has 21 heavy (non-hydrogen) atoms. The largest absolute Gasteiger partial charge is 0.462 e. The SMILES string of the molecule is Nc1cc(C(=O)OCCCOCC(F)(F)F)c(F)cc1F. The first kappa shape index (κ1) is 17.2. The highest BCUT2D eigenvalue weighted by Crippen LogP contribution is 2.17. The highest BCUT2D eigenvalue weighted by atomic mass is 19.4. The van der Waals surface area contributed by atoms with E-state index in [2.05, 4.69) is 9.47 Å². The normalized spacial score (nSPS) is 11.5. The second kappa shape index (κ2) is 7.21. The van der Waals surface area contributed by atoms with E-state index in [4.69, 9.17) is 5.73 Å². The van der Waals surface area contributed by atoms with E-state index >= 15 is 0 Å². The fourth-order valence-electron chi connectivity index (χ4n) is 1.31. The minimum absolute atomic E-state index is 0.000115. The first-order valence-corrected chi connectivity index (χ1v) is 5.77. The molecule has 0 unspecified atom stereocenters. The Balaban J connectivity index is 2.36. The minimum atomic E-state index is -4.43. The van der Waals surface area contributed by atoms with E-state index < -0.39 is 41.6 Å². The molecule has 0 radical (unpaired) electrons. The van der Waals surface area contributed by atoms with Crippen molar-refractivity contribution in [1.29, 1.82) is 0 Å². The molecule has 0 aliphatic heterocycles. The second-order valence-corrected chi connectivity index (χ2v) is 4.01. The number of alkyl halides is 3. The zero-order valence-corrected chi connectivity index (χ0v) is 10.7. The van der Waals surface area contributed by atoms with Gasteiger partial charge >= 0.3 is 12.1 Å². The molecule has 118 valence electrons. The third kappa shape index (κ3) is 5.94. The van der Waals surface area contributed by atoms with Crippen LogP contribution in [0.2, 0.25) is 0 Å². The maximum absolute atomic E-state index is 13.3. The van der Waals surface area contributed by atoms with Crippen molar-refractivity contribution in [1.82, 2.24) is 0 Å². The molecule has 2 N–H and O–H groups in total. The second-order valence-electron chi connectivity index (χ2n) is 4.01.